The Morgan fingerprint density at radius 3 is 2.59 bits per heavy atom. The molecule has 1 aromatic heterocycles. The highest BCUT2D eigenvalue weighted by atomic mass is 16.2. The minimum atomic E-state index is -0.507. The average Bonchev–Trinajstić information content (AvgIpc) is 2.30. The van der Waals surface area contributed by atoms with E-state index in [9.17, 15) is 4.79 Å². The normalized spacial score (nSPS) is 11.2. The van der Waals surface area contributed by atoms with Crippen molar-refractivity contribution < 1.29 is 4.79 Å². The highest BCUT2D eigenvalue weighted by Gasteiger charge is 2.25. The third-order valence-electron chi connectivity index (χ3n) is 2.63. The zero-order valence-electron chi connectivity index (χ0n) is 10.8. The lowest BCUT2D eigenvalue weighted by atomic mass is 10.0. The maximum absolute atomic E-state index is 11.9. The summed E-state index contributed by atoms with van der Waals surface area (Å²) >= 11 is 0. The van der Waals surface area contributed by atoms with Crippen LogP contribution in [-0.2, 0) is 11.2 Å². The predicted molar refractivity (Wildman–Crippen MR) is 68.7 cm³/mol. The van der Waals surface area contributed by atoms with Crippen LogP contribution in [0.25, 0.3) is 0 Å². The molecule has 1 amide bonds. The minimum Gasteiger partial charge on any atom is -0.354 e. The lowest BCUT2D eigenvalue weighted by molar-refractivity contribution is -0.126. The molecule has 0 saturated heterocycles. The maximum atomic E-state index is 11.9. The number of aromatic nitrogens is 1. The molecule has 4 nitrogen and oxygen atoms in total. The van der Waals surface area contributed by atoms with Crippen LogP contribution >= 0.6 is 0 Å². The second-order valence-corrected chi connectivity index (χ2v) is 4.52. The first kappa shape index (κ1) is 13.6. The Labute approximate surface area is 103 Å². The van der Waals surface area contributed by atoms with Crippen LogP contribution in [0, 0.1) is 0 Å². The molecular weight excluding hydrogens is 214 g/mol. The number of rotatable bonds is 6. The van der Waals surface area contributed by atoms with E-state index in [1.807, 2.05) is 32.9 Å². The molecule has 2 N–H and O–H groups in total. The third-order valence-corrected chi connectivity index (χ3v) is 2.63. The highest BCUT2D eigenvalue weighted by molar-refractivity contribution is 5.85. The predicted octanol–water partition coefficient (Wildman–Crippen LogP) is 1.13. The van der Waals surface area contributed by atoms with Gasteiger partial charge < -0.3 is 10.6 Å². The van der Waals surface area contributed by atoms with Gasteiger partial charge in [-0.3, -0.25) is 9.78 Å². The minimum absolute atomic E-state index is 0.0356. The topological polar surface area (TPSA) is 54.0 Å². The van der Waals surface area contributed by atoms with E-state index in [1.165, 1.54) is 5.56 Å². The number of pyridine rings is 1. The summed E-state index contributed by atoms with van der Waals surface area (Å²) in [6.07, 6.45) is 4.36. The van der Waals surface area contributed by atoms with Gasteiger partial charge in [-0.2, -0.15) is 0 Å². The van der Waals surface area contributed by atoms with E-state index in [4.69, 9.17) is 0 Å². The average molecular weight is 235 g/mol. The number of likely N-dealkylation sites (N-methyl/N-ethyl adjacent to an activating group) is 1. The monoisotopic (exact) mass is 235 g/mol. The molecule has 1 rings (SSSR count). The van der Waals surface area contributed by atoms with Crippen LogP contribution < -0.4 is 10.6 Å². The summed E-state index contributed by atoms with van der Waals surface area (Å²) in [7, 11) is 0. The molecule has 0 fully saturated rings. The summed E-state index contributed by atoms with van der Waals surface area (Å²) in [6.45, 7) is 7.20. The van der Waals surface area contributed by atoms with Crippen molar-refractivity contribution in [2.24, 2.45) is 0 Å². The van der Waals surface area contributed by atoms with Crippen LogP contribution in [-0.4, -0.2) is 29.5 Å². The number of hydrogen-bond donors (Lipinski definition) is 2. The summed E-state index contributed by atoms with van der Waals surface area (Å²) in [6, 6.07) is 3.92. The van der Waals surface area contributed by atoms with E-state index in [0.717, 1.165) is 13.0 Å². The number of nitrogens with zero attached hydrogens (tertiary/aromatic N) is 1. The summed E-state index contributed by atoms with van der Waals surface area (Å²) in [5.74, 6) is 0.0356. The second-order valence-electron chi connectivity index (χ2n) is 4.52. The van der Waals surface area contributed by atoms with Crippen LogP contribution in [0.15, 0.2) is 24.5 Å². The van der Waals surface area contributed by atoms with Crippen molar-refractivity contribution in [1.82, 2.24) is 15.6 Å². The first-order chi connectivity index (χ1) is 8.06. The van der Waals surface area contributed by atoms with Gasteiger partial charge in [0.25, 0.3) is 0 Å². The highest BCUT2D eigenvalue weighted by Crippen LogP contribution is 2.02. The molecule has 1 aromatic rings. The molecule has 4 heteroatoms. The van der Waals surface area contributed by atoms with Crippen LogP contribution in [0.2, 0.25) is 0 Å². The SMILES string of the molecule is CCNC(C)(C)C(=O)NCCc1ccncc1. The summed E-state index contributed by atoms with van der Waals surface area (Å²) in [5.41, 5.74) is 0.675. The fourth-order valence-corrected chi connectivity index (χ4v) is 1.61. The molecule has 0 saturated carbocycles. The molecule has 0 aromatic carbocycles. The Morgan fingerprint density at radius 1 is 1.35 bits per heavy atom. The Bertz CT molecular complexity index is 349. The van der Waals surface area contributed by atoms with Crippen molar-refractivity contribution >= 4 is 5.91 Å². The molecule has 17 heavy (non-hydrogen) atoms. The van der Waals surface area contributed by atoms with E-state index in [0.29, 0.717) is 6.54 Å². The Hall–Kier alpha value is -1.42. The van der Waals surface area contributed by atoms with Crippen molar-refractivity contribution in [3.63, 3.8) is 0 Å². The van der Waals surface area contributed by atoms with Crippen molar-refractivity contribution in [1.29, 1.82) is 0 Å². The van der Waals surface area contributed by atoms with Crippen molar-refractivity contribution in [3.8, 4) is 0 Å². The molecule has 94 valence electrons. The molecule has 0 atom stereocenters. The standard InChI is InChI=1S/C13H21N3O/c1-4-16-13(2,3)12(17)15-10-7-11-5-8-14-9-6-11/h5-6,8-9,16H,4,7,10H2,1-3H3,(H,15,17). The molecule has 0 aliphatic carbocycles. The molecule has 0 spiro atoms. The molecule has 0 unspecified atom stereocenters. The molecule has 1 heterocycles. The van der Waals surface area contributed by atoms with E-state index >= 15 is 0 Å². The number of hydrogen-bond acceptors (Lipinski definition) is 3. The summed E-state index contributed by atoms with van der Waals surface area (Å²) in [5, 5.41) is 6.08. The fourth-order valence-electron chi connectivity index (χ4n) is 1.61. The molecular formula is C13H21N3O. The zero-order chi connectivity index (χ0) is 12.7. The Kier molecular flexibility index (Phi) is 5.10. The van der Waals surface area contributed by atoms with Crippen LogP contribution in [0.1, 0.15) is 26.3 Å². The Balaban J connectivity index is 2.34. The van der Waals surface area contributed by atoms with E-state index < -0.39 is 5.54 Å². The van der Waals surface area contributed by atoms with Gasteiger partial charge in [0.1, 0.15) is 0 Å². The number of nitrogens with one attached hydrogen (secondary N) is 2. The Morgan fingerprint density at radius 2 is 2.00 bits per heavy atom. The van der Waals surface area contributed by atoms with Gasteiger partial charge in [0.15, 0.2) is 0 Å². The van der Waals surface area contributed by atoms with E-state index in [1.54, 1.807) is 12.4 Å². The van der Waals surface area contributed by atoms with Crippen LogP contribution in [0.5, 0.6) is 0 Å². The molecule has 0 aliphatic rings. The lowest BCUT2D eigenvalue weighted by Crippen LogP contribution is -2.52. The van der Waals surface area contributed by atoms with Gasteiger partial charge in [-0.25, -0.2) is 0 Å². The molecule has 0 aliphatic heterocycles. The summed E-state index contributed by atoms with van der Waals surface area (Å²) < 4.78 is 0. The third kappa shape index (κ3) is 4.53. The molecule has 0 radical (unpaired) electrons. The number of amides is 1. The first-order valence-corrected chi connectivity index (χ1v) is 5.98. The van der Waals surface area contributed by atoms with Crippen molar-refractivity contribution in [2.45, 2.75) is 32.7 Å². The van der Waals surface area contributed by atoms with Gasteiger partial charge in [0, 0.05) is 18.9 Å². The van der Waals surface area contributed by atoms with Gasteiger partial charge >= 0.3 is 0 Å². The zero-order valence-corrected chi connectivity index (χ0v) is 10.8. The van der Waals surface area contributed by atoms with Gasteiger partial charge in [-0.05, 0) is 44.5 Å². The fraction of sp³-hybridized carbons (Fsp3) is 0.538. The van der Waals surface area contributed by atoms with E-state index in [2.05, 4.69) is 15.6 Å². The summed E-state index contributed by atoms with van der Waals surface area (Å²) in [4.78, 5) is 15.8. The second kappa shape index (κ2) is 6.35. The van der Waals surface area contributed by atoms with Gasteiger partial charge in [-0.1, -0.05) is 6.92 Å². The quantitative estimate of drug-likeness (QED) is 0.777. The van der Waals surface area contributed by atoms with Crippen LogP contribution in [0.3, 0.4) is 0 Å². The van der Waals surface area contributed by atoms with Crippen LogP contribution in [0.4, 0.5) is 0 Å². The smallest absolute Gasteiger partial charge is 0.239 e. The molecule has 0 bridgehead atoms. The van der Waals surface area contributed by atoms with Crippen molar-refractivity contribution in [3.05, 3.63) is 30.1 Å². The number of carbonyl (C=O) groups excluding carboxylic acids is 1. The number of carbonyl (C=O) groups is 1. The maximum Gasteiger partial charge on any atom is 0.239 e. The van der Waals surface area contributed by atoms with Gasteiger partial charge in [0.2, 0.25) is 5.91 Å². The van der Waals surface area contributed by atoms with E-state index in [-0.39, 0.29) is 5.91 Å². The van der Waals surface area contributed by atoms with Gasteiger partial charge in [-0.15, -0.1) is 0 Å². The largest absolute Gasteiger partial charge is 0.354 e. The lowest BCUT2D eigenvalue weighted by Gasteiger charge is -2.24. The van der Waals surface area contributed by atoms with Gasteiger partial charge in [0.05, 0.1) is 5.54 Å². The first-order valence-electron chi connectivity index (χ1n) is 5.98. The van der Waals surface area contributed by atoms with Crippen molar-refractivity contribution in [2.75, 3.05) is 13.1 Å².